The van der Waals surface area contributed by atoms with E-state index in [1.54, 1.807) is 0 Å². The summed E-state index contributed by atoms with van der Waals surface area (Å²) < 4.78 is 0. The number of para-hydroxylation sites is 1. The summed E-state index contributed by atoms with van der Waals surface area (Å²) in [7, 11) is 0. The minimum atomic E-state index is 0.114. The van der Waals surface area contributed by atoms with Crippen LogP contribution in [0.5, 0.6) is 0 Å². The predicted molar refractivity (Wildman–Crippen MR) is 153 cm³/mol. The smallest absolute Gasteiger partial charge is 0.226 e. The Labute approximate surface area is 222 Å². The molecule has 0 N–H and O–H groups in total. The SMILES string of the molecule is CCC(=O)N(CC12CCN(Cc3ccccc3)CC1CCN(CCc1ccccc1)C2)c1ccccc1. The molecule has 0 aromatic heterocycles. The molecular formula is C33H41N3O. The van der Waals surface area contributed by atoms with E-state index in [2.05, 4.69) is 99.6 Å². The number of anilines is 1. The van der Waals surface area contributed by atoms with Crippen molar-refractivity contribution in [2.45, 2.75) is 39.2 Å². The van der Waals surface area contributed by atoms with Crippen LogP contribution in [0.15, 0.2) is 91.0 Å². The monoisotopic (exact) mass is 495 g/mol. The first kappa shape index (κ1) is 25.7. The minimum Gasteiger partial charge on any atom is -0.312 e. The number of hydrogen-bond acceptors (Lipinski definition) is 3. The van der Waals surface area contributed by atoms with E-state index in [0.29, 0.717) is 12.3 Å². The molecule has 4 nitrogen and oxygen atoms in total. The lowest BCUT2D eigenvalue weighted by molar-refractivity contribution is -0.119. The number of benzene rings is 3. The third-order valence-corrected chi connectivity index (χ3v) is 8.56. The van der Waals surface area contributed by atoms with E-state index in [9.17, 15) is 4.79 Å². The van der Waals surface area contributed by atoms with E-state index in [1.165, 1.54) is 17.5 Å². The van der Waals surface area contributed by atoms with Crippen molar-refractivity contribution in [3.05, 3.63) is 102 Å². The summed E-state index contributed by atoms with van der Waals surface area (Å²) >= 11 is 0. The van der Waals surface area contributed by atoms with E-state index < -0.39 is 0 Å². The fourth-order valence-corrected chi connectivity index (χ4v) is 6.45. The molecule has 0 aliphatic carbocycles. The van der Waals surface area contributed by atoms with Crippen LogP contribution in [0.1, 0.15) is 37.3 Å². The largest absolute Gasteiger partial charge is 0.312 e. The van der Waals surface area contributed by atoms with Crippen molar-refractivity contribution < 1.29 is 4.79 Å². The van der Waals surface area contributed by atoms with Gasteiger partial charge in [0.15, 0.2) is 0 Å². The van der Waals surface area contributed by atoms with Gasteiger partial charge in [0.2, 0.25) is 5.91 Å². The van der Waals surface area contributed by atoms with Crippen LogP contribution < -0.4 is 4.90 Å². The number of carbonyl (C=O) groups is 1. The molecule has 0 saturated carbocycles. The summed E-state index contributed by atoms with van der Waals surface area (Å²) in [5.41, 5.74) is 3.95. The van der Waals surface area contributed by atoms with Crippen molar-refractivity contribution in [3.8, 4) is 0 Å². The van der Waals surface area contributed by atoms with Gasteiger partial charge in [-0.25, -0.2) is 0 Å². The van der Waals surface area contributed by atoms with Gasteiger partial charge in [-0.1, -0.05) is 85.8 Å². The summed E-state index contributed by atoms with van der Waals surface area (Å²) in [5, 5.41) is 0. The van der Waals surface area contributed by atoms with Crippen LogP contribution in [0, 0.1) is 11.3 Å². The summed E-state index contributed by atoms with van der Waals surface area (Å²) in [4.78, 5) is 20.7. The molecule has 194 valence electrons. The molecule has 2 aliphatic heterocycles. The second-order valence-corrected chi connectivity index (χ2v) is 11.0. The van der Waals surface area contributed by atoms with E-state index in [0.717, 1.165) is 64.3 Å². The van der Waals surface area contributed by atoms with Crippen LogP contribution in [-0.2, 0) is 17.8 Å². The van der Waals surface area contributed by atoms with E-state index in [-0.39, 0.29) is 11.3 Å². The molecule has 37 heavy (non-hydrogen) atoms. The van der Waals surface area contributed by atoms with Crippen molar-refractivity contribution in [3.63, 3.8) is 0 Å². The van der Waals surface area contributed by atoms with E-state index in [1.807, 2.05) is 13.0 Å². The zero-order valence-corrected chi connectivity index (χ0v) is 22.3. The molecular weight excluding hydrogens is 454 g/mol. The average Bonchev–Trinajstić information content (AvgIpc) is 2.96. The predicted octanol–water partition coefficient (Wildman–Crippen LogP) is 5.89. The Hall–Kier alpha value is -2.95. The fraction of sp³-hybridized carbons (Fsp3) is 0.424. The Balaban J connectivity index is 1.36. The van der Waals surface area contributed by atoms with Gasteiger partial charge >= 0.3 is 0 Å². The van der Waals surface area contributed by atoms with Crippen LogP contribution in [-0.4, -0.2) is 55.0 Å². The molecule has 3 aromatic carbocycles. The number of carbonyl (C=O) groups excluding carboxylic acids is 1. The molecule has 2 saturated heterocycles. The highest BCUT2D eigenvalue weighted by Gasteiger charge is 2.48. The molecule has 0 radical (unpaired) electrons. The van der Waals surface area contributed by atoms with Crippen molar-refractivity contribution >= 4 is 11.6 Å². The van der Waals surface area contributed by atoms with Crippen molar-refractivity contribution in [1.29, 1.82) is 0 Å². The molecule has 5 rings (SSSR count). The van der Waals surface area contributed by atoms with E-state index >= 15 is 0 Å². The van der Waals surface area contributed by atoms with Crippen LogP contribution in [0.3, 0.4) is 0 Å². The fourth-order valence-electron chi connectivity index (χ4n) is 6.45. The van der Waals surface area contributed by atoms with E-state index in [4.69, 9.17) is 0 Å². The Morgan fingerprint density at radius 3 is 2.19 bits per heavy atom. The van der Waals surface area contributed by atoms with Crippen LogP contribution in [0.2, 0.25) is 0 Å². The Bertz CT molecular complexity index is 1120. The molecule has 2 fully saturated rings. The molecule has 2 heterocycles. The zero-order valence-electron chi connectivity index (χ0n) is 22.3. The first-order valence-electron chi connectivity index (χ1n) is 14.0. The average molecular weight is 496 g/mol. The topological polar surface area (TPSA) is 26.8 Å². The number of hydrogen-bond donors (Lipinski definition) is 0. The maximum atomic E-state index is 13.3. The van der Waals surface area contributed by atoms with Crippen LogP contribution >= 0.6 is 0 Å². The number of piperidine rings is 2. The lowest BCUT2D eigenvalue weighted by atomic mass is 9.65. The van der Waals surface area contributed by atoms with Gasteiger partial charge in [-0.05, 0) is 61.5 Å². The summed E-state index contributed by atoms with van der Waals surface area (Å²) in [6.45, 7) is 9.32. The second kappa shape index (κ2) is 12.1. The summed E-state index contributed by atoms with van der Waals surface area (Å²) in [6, 6.07) is 32.0. The lowest BCUT2D eigenvalue weighted by Crippen LogP contribution is -2.61. The zero-order chi connectivity index (χ0) is 25.5. The third kappa shape index (κ3) is 6.31. The number of amides is 1. The Morgan fingerprint density at radius 1 is 0.865 bits per heavy atom. The normalized spacial score (nSPS) is 22.4. The second-order valence-electron chi connectivity index (χ2n) is 11.0. The quantitative estimate of drug-likeness (QED) is 0.371. The standard InChI is InChI=1S/C33H41N3O/c1-2-32(37)36(31-16-10-5-11-17-31)27-33-20-23-35(24-29-14-8-4-9-15-29)25-30(33)19-22-34(26-33)21-18-28-12-6-3-7-13-28/h3-17,30H,2,18-27H2,1H3. The molecule has 2 aliphatic rings. The molecule has 2 unspecified atom stereocenters. The van der Waals surface area contributed by atoms with Crippen molar-refractivity contribution in [1.82, 2.24) is 9.80 Å². The highest BCUT2D eigenvalue weighted by Crippen LogP contribution is 2.44. The highest BCUT2D eigenvalue weighted by molar-refractivity contribution is 5.93. The Morgan fingerprint density at radius 2 is 1.51 bits per heavy atom. The number of fused-ring (bicyclic) bond motifs is 1. The number of nitrogens with zero attached hydrogens (tertiary/aromatic N) is 3. The maximum Gasteiger partial charge on any atom is 0.226 e. The highest BCUT2D eigenvalue weighted by atomic mass is 16.2. The third-order valence-electron chi connectivity index (χ3n) is 8.56. The van der Waals surface area contributed by atoms with Gasteiger partial charge in [0.25, 0.3) is 0 Å². The maximum absolute atomic E-state index is 13.3. The first-order valence-corrected chi connectivity index (χ1v) is 14.0. The molecule has 3 aromatic rings. The Kier molecular flexibility index (Phi) is 8.38. The number of rotatable bonds is 9. The van der Waals surface area contributed by atoms with Crippen molar-refractivity contribution in [2.75, 3.05) is 44.2 Å². The van der Waals surface area contributed by atoms with Gasteiger partial charge in [0.1, 0.15) is 0 Å². The van der Waals surface area contributed by atoms with Gasteiger partial charge in [0, 0.05) is 50.2 Å². The molecule has 0 spiro atoms. The number of likely N-dealkylation sites (tertiary alicyclic amines) is 2. The van der Waals surface area contributed by atoms with Crippen LogP contribution in [0.25, 0.3) is 0 Å². The summed E-state index contributed by atoms with van der Waals surface area (Å²) in [6.07, 6.45) is 3.95. The minimum absolute atomic E-state index is 0.114. The molecule has 2 atom stereocenters. The van der Waals surface area contributed by atoms with Gasteiger partial charge < -0.3 is 9.80 Å². The van der Waals surface area contributed by atoms with Gasteiger partial charge in [-0.15, -0.1) is 0 Å². The van der Waals surface area contributed by atoms with Gasteiger partial charge in [-0.3, -0.25) is 9.69 Å². The molecule has 4 heteroatoms. The van der Waals surface area contributed by atoms with Gasteiger partial charge in [-0.2, -0.15) is 0 Å². The summed E-state index contributed by atoms with van der Waals surface area (Å²) in [5.74, 6) is 0.821. The molecule has 1 amide bonds. The van der Waals surface area contributed by atoms with Gasteiger partial charge in [0.05, 0.1) is 0 Å². The van der Waals surface area contributed by atoms with Crippen molar-refractivity contribution in [2.24, 2.45) is 11.3 Å². The first-order chi connectivity index (χ1) is 18.1. The molecule has 0 bridgehead atoms. The van der Waals surface area contributed by atoms with Crippen LogP contribution in [0.4, 0.5) is 5.69 Å². The lowest BCUT2D eigenvalue weighted by Gasteiger charge is -2.55.